The van der Waals surface area contributed by atoms with E-state index in [2.05, 4.69) is 22.1 Å². The number of rotatable bonds is 10. The molecule has 168 valence electrons. The van der Waals surface area contributed by atoms with E-state index in [1.54, 1.807) is 32.2 Å². The van der Waals surface area contributed by atoms with Crippen LogP contribution < -0.4 is 14.8 Å². The zero-order valence-electron chi connectivity index (χ0n) is 18.1. The largest absolute Gasteiger partial charge is 0.493 e. The van der Waals surface area contributed by atoms with Crippen LogP contribution in [0.5, 0.6) is 11.5 Å². The molecule has 2 aromatic carbocycles. The van der Waals surface area contributed by atoms with Crippen molar-refractivity contribution in [3.05, 3.63) is 72.8 Å². The molecule has 0 aliphatic carbocycles. The minimum Gasteiger partial charge on any atom is -0.493 e. The van der Waals surface area contributed by atoms with Crippen molar-refractivity contribution in [2.24, 2.45) is 0 Å². The van der Waals surface area contributed by atoms with Gasteiger partial charge in [-0.05, 0) is 38.1 Å². The number of allylic oxidation sites excluding steroid dienone is 1. The quantitative estimate of drug-likeness (QED) is 0.346. The Hall–Kier alpha value is -3.33. The van der Waals surface area contributed by atoms with Gasteiger partial charge in [-0.15, -0.1) is 16.8 Å². The second-order valence-electron chi connectivity index (χ2n) is 6.88. The summed E-state index contributed by atoms with van der Waals surface area (Å²) < 4.78 is 27.1. The smallest absolute Gasteiger partial charge is 0.237 e. The Morgan fingerprint density at radius 3 is 2.56 bits per heavy atom. The molecule has 3 aromatic rings. The highest BCUT2D eigenvalue weighted by Gasteiger charge is 2.24. The highest BCUT2D eigenvalue weighted by atomic mass is 32.2. The molecule has 3 rings (SSSR count). The summed E-state index contributed by atoms with van der Waals surface area (Å²) in [4.78, 5) is 12.6. The summed E-state index contributed by atoms with van der Waals surface area (Å²) in [5, 5.41) is 11.1. The molecule has 1 heterocycles. The molecule has 0 saturated heterocycles. The third-order valence-corrected chi connectivity index (χ3v) is 5.66. The standard InChI is InChI=1S/C23H25FN4O3S/c1-5-14-28-21(15(2)31-20-13-9-8-12-19(20)30-4)26-27-23(28)32-16(3)22(29)25-18-11-7-6-10-17(18)24/h5-13,15-16H,1,14H2,2-4H3,(H,25,29). The number of aromatic nitrogens is 3. The van der Waals surface area contributed by atoms with Crippen LogP contribution in [0.2, 0.25) is 0 Å². The average Bonchev–Trinajstić information content (AvgIpc) is 3.18. The number of benzene rings is 2. The van der Waals surface area contributed by atoms with Crippen molar-refractivity contribution in [2.75, 3.05) is 12.4 Å². The van der Waals surface area contributed by atoms with E-state index >= 15 is 0 Å². The van der Waals surface area contributed by atoms with E-state index in [-0.39, 0.29) is 11.6 Å². The van der Waals surface area contributed by atoms with Crippen LogP contribution in [0.4, 0.5) is 10.1 Å². The van der Waals surface area contributed by atoms with E-state index in [0.29, 0.717) is 29.0 Å². The maximum absolute atomic E-state index is 13.8. The fourth-order valence-corrected chi connectivity index (χ4v) is 3.82. The first-order valence-corrected chi connectivity index (χ1v) is 10.9. The fourth-order valence-electron chi connectivity index (χ4n) is 2.96. The van der Waals surface area contributed by atoms with E-state index in [1.807, 2.05) is 35.8 Å². The Labute approximate surface area is 190 Å². The molecule has 0 aliphatic rings. The molecule has 1 amide bonds. The van der Waals surface area contributed by atoms with Crippen molar-refractivity contribution in [1.82, 2.24) is 14.8 Å². The number of carbonyl (C=O) groups excluding carboxylic acids is 1. The van der Waals surface area contributed by atoms with E-state index in [9.17, 15) is 9.18 Å². The Morgan fingerprint density at radius 2 is 1.88 bits per heavy atom. The lowest BCUT2D eigenvalue weighted by atomic mass is 10.3. The van der Waals surface area contributed by atoms with Crippen LogP contribution in [0.25, 0.3) is 0 Å². The predicted octanol–water partition coefficient (Wildman–Crippen LogP) is 4.87. The van der Waals surface area contributed by atoms with Crippen LogP contribution in [0, 0.1) is 5.82 Å². The van der Waals surface area contributed by atoms with Crippen LogP contribution in [0.3, 0.4) is 0 Å². The Morgan fingerprint density at radius 1 is 1.19 bits per heavy atom. The number of hydrogen-bond donors (Lipinski definition) is 1. The highest BCUT2D eigenvalue weighted by Crippen LogP contribution is 2.32. The molecule has 0 fully saturated rings. The van der Waals surface area contributed by atoms with Gasteiger partial charge in [0.1, 0.15) is 5.82 Å². The fraction of sp³-hybridized carbons (Fsp3) is 0.261. The molecular formula is C23H25FN4O3S. The van der Waals surface area contributed by atoms with Crippen molar-refractivity contribution in [3.8, 4) is 11.5 Å². The molecule has 0 saturated carbocycles. The molecule has 9 heteroatoms. The van der Waals surface area contributed by atoms with Gasteiger partial charge in [0.15, 0.2) is 28.6 Å². The predicted molar refractivity (Wildman–Crippen MR) is 123 cm³/mol. The Bertz CT molecular complexity index is 1090. The number of nitrogens with zero attached hydrogens (tertiary/aromatic N) is 3. The van der Waals surface area contributed by atoms with Gasteiger partial charge in [-0.25, -0.2) is 4.39 Å². The lowest BCUT2D eigenvalue weighted by Gasteiger charge is -2.18. The molecule has 0 bridgehead atoms. The van der Waals surface area contributed by atoms with Gasteiger partial charge in [0.05, 0.1) is 18.0 Å². The maximum atomic E-state index is 13.8. The summed E-state index contributed by atoms with van der Waals surface area (Å²) in [6, 6.07) is 13.4. The monoisotopic (exact) mass is 456 g/mol. The molecule has 1 aromatic heterocycles. The Balaban J connectivity index is 1.75. The molecule has 0 aliphatic heterocycles. The third-order valence-electron chi connectivity index (χ3n) is 4.58. The molecule has 2 unspecified atom stereocenters. The number of halogens is 1. The van der Waals surface area contributed by atoms with Gasteiger partial charge < -0.3 is 14.8 Å². The number of nitrogens with one attached hydrogen (secondary N) is 1. The number of para-hydroxylation sites is 3. The Kier molecular flexibility index (Phi) is 7.88. The SMILES string of the molecule is C=CCn1c(SC(C)C(=O)Nc2ccccc2F)nnc1C(C)Oc1ccccc1OC. The van der Waals surface area contributed by atoms with Crippen molar-refractivity contribution >= 4 is 23.4 Å². The lowest BCUT2D eigenvalue weighted by Crippen LogP contribution is -2.23. The number of anilines is 1. The van der Waals surface area contributed by atoms with Gasteiger partial charge in [0.25, 0.3) is 0 Å². The molecule has 2 atom stereocenters. The number of hydrogen-bond acceptors (Lipinski definition) is 6. The number of thioether (sulfide) groups is 1. The number of methoxy groups -OCH3 is 1. The minimum absolute atomic E-state index is 0.136. The molecule has 1 N–H and O–H groups in total. The van der Waals surface area contributed by atoms with E-state index in [1.165, 1.54) is 23.9 Å². The zero-order valence-corrected chi connectivity index (χ0v) is 18.9. The molecule has 0 radical (unpaired) electrons. The molecule has 32 heavy (non-hydrogen) atoms. The van der Waals surface area contributed by atoms with Crippen molar-refractivity contribution < 1.29 is 18.7 Å². The maximum Gasteiger partial charge on any atom is 0.237 e. The van der Waals surface area contributed by atoms with Crippen LogP contribution in [-0.2, 0) is 11.3 Å². The first-order valence-electron chi connectivity index (χ1n) is 10.00. The summed E-state index contributed by atoms with van der Waals surface area (Å²) in [5.41, 5.74) is 0.136. The van der Waals surface area contributed by atoms with Gasteiger partial charge in [0.2, 0.25) is 5.91 Å². The van der Waals surface area contributed by atoms with Crippen LogP contribution >= 0.6 is 11.8 Å². The van der Waals surface area contributed by atoms with Crippen molar-refractivity contribution in [1.29, 1.82) is 0 Å². The minimum atomic E-state index is -0.541. The van der Waals surface area contributed by atoms with Crippen LogP contribution in [0.1, 0.15) is 25.8 Å². The topological polar surface area (TPSA) is 78.3 Å². The van der Waals surface area contributed by atoms with Crippen molar-refractivity contribution in [3.63, 3.8) is 0 Å². The normalized spacial score (nSPS) is 12.6. The second kappa shape index (κ2) is 10.8. The molecule has 0 spiro atoms. The highest BCUT2D eigenvalue weighted by molar-refractivity contribution is 8.00. The number of carbonyl (C=O) groups is 1. The second-order valence-corrected chi connectivity index (χ2v) is 8.19. The van der Waals surface area contributed by atoms with E-state index < -0.39 is 17.2 Å². The van der Waals surface area contributed by atoms with Crippen LogP contribution in [0.15, 0.2) is 66.3 Å². The number of amides is 1. The molecular weight excluding hydrogens is 431 g/mol. The summed E-state index contributed by atoms with van der Waals surface area (Å²) >= 11 is 1.22. The summed E-state index contributed by atoms with van der Waals surface area (Å²) in [6.07, 6.45) is 1.28. The van der Waals surface area contributed by atoms with Gasteiger partial charge in [-0.1, -0.05) is 42.1 Å². The number of ether oxygens (including phenoxy) is 2. The summed E-state index contributed by atoms with van der Waals surface area (Å²) in [6.45, 7) is 7.82. The van der Waals surface area contributed by atoms with E-state index in [4.69, 9.17) is 9.47 Å². The summed E-state index contributed by atoms with van der Waals surface area (Å²) in [7, 11) is 1.58. The van der Waals surface area contributed by atoms with Crippen molar-refractivity contribution in [2.45, 2.75) is 36.9 Å². The lowest BCUT2D eigenvalue weighted by molar-refractivity contribution is -0.115. The summed E-state index contributed by atoms with van der Waals surface area (Å²) in [5.74, 6) is 0.954. The zero-order chi connectivity index (χ0) is 23.1. The third kappa shape index (κ3) is 5.47. The first kappa shape index (κ1) is 23.3. The molecule has 7 nitrogen and oxygen atoms in total. The van der Waals surface area contributed by atoms with Gasteiger partial charge in [-0.3, -0.25) is 9.36 Å². The van der Waals surface area contributed by atoms with E-state index in [0.717, 1.165) is 0 Å². The average molecular weight is 457 g/mol. The van der Waals surface area contributed by atoms with Gasteiger partial charge >= 0.3 is 0 Å². The van der Waals surface area contributed by atoms with Crippen LogP contribution in [-0.4, -0.2) is 33.0 Å². The first-order chi connectivity index (χ1) is 15.4. The van der Waals surface area contributed by atoms with Gasteiger partial charge in [-0.2, -0.15) is 0 Å². The van der Waals surface area contributed by atoms with Gasteiger partial charge in [0, 0.05) is 6.54 Å².